The van der Waals surface area contributed by atoms with Crippen LogP contribution in [0.2, 0.25) is 0 Å². The highest BCUT2D eigenvalue weighted by molar-refractivity contribution is 8.11. The van der Waals surface area contributed by atoms with Crippen molar-refractivity contribution in [1.82, 2.24) is 0 Å². The van der Waals surface area contributed by atoms with Gasteiger partial charge in [-0.3, -0.25) is 4.57 Å². The first-order valence-electron chi connectivity index (χ1n) is 2.12. The number of halogens is 5. The second-order valence-corrected chi connectivity index (χ2v) is 7.16. The molecule has 8 heteroatoms. The molecule has 0 unspecified atom stereocenters. The molecule has 0 N–H and O–H groups in total. The Morgan fingerprint density at radius 3 is 2.09 bits per heavy atom. The molecule has 0 aliphatic heterocycles. The highest BCUT2D eigenvalue weighted by atomic mass is 35.9. The molecule has 0 fully saturated rings. The van der Waals surface area contributed by atoms with Crippen LogP contribution in [0.25, 0.3) is 0 Å². The summed E-state index contributed by atoms with van der Waals surface area (Å²) in [7, 11) is 0. The van der Waals surface area contributed by atoms with E-state index in [1.807, 2.05) is 0 Å². The van der Waals surface area contributed by atoms with Crippen molar-refractivity contribution in [2.75, 3.05) is 0 Å². The van der Waals surface area contributed by atoms with Gasteiger partial charge in [0.05, 0.1) is 0 Å². The van der Waals surface area contributed by atoms with Crippen molar-refractivity contribution >= 4 is 40.1 Å². The molecule has 0 amide bonds. The maximum absolute atomic E-state index is 11.4. The molecule has 0 aromatic carbocycles. The molecule has 0 aromatic rings. The molecule has 0 aliphatic carbocycles. The third-order valence-corrected chi connectivity index (χ3v) is 2.35. The summed E-state index contributed by atoms with van der Waals surface area (Å²) < 4.78 is 44.5. The van der Waals surface area contributed by atoms with Crippen LogP contribution < -0.4 is 0 Å². The zero-order valence-corrected chi connectivity index (χ0v) is 8.03. The fraction of sp³-hybridized carbons (Fsp3) is 0.333. The minimum absolute atomic E-state index is 0.461. The number of hydrogen-bond donors (Lipinski definition) is 0. The van der Waals surface area contributed by atoms with Gasteiger partial charge in [-0.15, -0.1) is 0 Å². The second kappa shape index (κ2) is 4.08. The Morgan fingerprint density at radius 1 is 1.36 bits per heavy atom. The highest BCUT2D eigenvalue weighted by Crippen LogP contribution is 2.58. The summed E-state index contributed by atoms with van der Waals surface area (Å²) in [6.45, 7) is 0. The Balaban J connectivity index is 3.90. The fourth-order valence-corrected chi connectivity index (χ4v) is 1.97. The van der Waals surface area contributed by atoms with Gasteiger partial charge >= 0.3 is 5.51 Å². The smallest absolute Gasteiger partial charge is 0.285 e. The van der Waals surface area contributed by atoms with Crippen molar-refractivity contribution in [3.8, 4) is 0 Å². The van der Waals surface area contributed by atoms with E-state index in [0.29, 0.717) is 11.2 Å². The second-order valence-electron chi connectivity index (χ2n) is 1.35. The third-order valence-electron chi connectivity index (χ3n) is 0.436. The fourth-order valence-electron chi connectivity index (χ4n) is 0.178. The molecule has 0 spiro atoms. The Kier molecular flexibility index (Phi) is 4.33. The third kappa shape index (κ3) is 10.7. The lowest BCUT2D eigenvalue weighted by Gasteiger charge is -1.98. The lowest BCUT2D eigenvalue weighted by molar-refractivity contribution is -0.0319. The predicted molar refractivity (Wildman–Crippen MR) is 42.1 cm³/mol. The van der Waals surface area contributed by atoms with Gasteiger partial charge in [-0.2, -0.15) is 13.2 Å². The summed E-state index contributed by atoms with van der Waals surface area (Å²) in [5.41, 5.74) is -4.39. The lowest BCUT2D eigenvalue weighted by Crippen LogP contribution is -1.96. The van der Waals surface area contributed by atoms with E-state index in [9.17, 15) is 17.7 Å². The summed E-state index contributed by atoms with van der Waals surface area (Å²) >= 11 is 9.37. The summed E-state index contributed by atoms with van der Waals surface area (Å²) in [5.74, 6) is -2.89. The lowest BCUT2D eigenvalue weighted by atomic mass is 11.3. The predicted octanol–water partition coefficient (Wildman–Crippen LogP) is 4.38. The summed E-state index contributed by atoms with van der Waals surface area (Å²) in [6, 6.07) is 0. The van der Waals surface area contributed by atoms with Gasteiger partial charge in [-0.1, -0.05) is 0 Å². The molecule has 0 saturated heterocycles. The average Bonchev–Trinajstić information content (AvgIpc) is 1.55. The molecule has 66 valence electrons. The van der Waals surface area contributed by atoms with E-state index in [0.717, 1.165) is 0 Å². The summed E-state index contributed by atoms with van der Waals surface area (Å²) in [6.07, 6.45) is 0. The summed E-state index contributed by atoms with van der Waals surface area (Å²) in [4.78, 5) is 0. The Morgan fingerprint density at radius 2 is 1.82 bits per heavy atom. The Bertz CT molecular complexity index is 197. The maximum Gasteiger partial charge on any atom is 0.445 e. The van der Waals surface area contributed by atoms with Gasteiger partial charge in [0.15, 0.2) is 0 Å². The number of thioether (sulfide) groups is 1. The van der Waals surface area contributed by atoms with Crippen LogP contribution in [0.3, 0.4) is 0 Å². The quantitative estimate of drug-likeness (QED) is 0.671. The number of alkyl halides is 3. The van der Waals surface area contributed by atoms with Gasteiger partial charge in [-0.05, 0) is 39.7 Å². The molecule has 0 bridgehead atoms. The summed E-state index contributed by atoms with van der Waals surface area (Å²) in [5, 5.41) is 0.556. The molecule has 0 radical (unpaired) electrons. The van der Waals surface area contributed by atoms with E-state index < -0.39 is 23.1 Å². The van der Waals surface area contributed by atoms with Gasteiger partial charge < -0.3 is 0 Å². The van der Waals surface area contributed by atoms with Crippen LogP contribution in [0.1, 0.15) is 0 Å². The standard InChI is InChI=1S/C3H2Cl2F3OPS/c4-10(5,9)1-2-11-3(6,7)8/h1-2H/b2-1+. The van der Waals surface area contributed by atoms with Gasteiger partial charge in [0.2, 0.25) is 0 Å². The number of rotatable bonds is 2. The molecule has 0 rings (SSSR count). The van der Waals surface area contributed by atoms with Crippen molar-refractivity contribution in [3.05, 3.63) is 11.2 Å². The molecule has 0 aliphatic rings. The molecular formula is C3H2Cl2F3OPS. The van der Waals surface area contributed by atoms with E-state index in [4.69, 9.17) is 22.5 Å². The first-order valence-corrected chi connectivity index (χ1v) is 6.58. The number of hydrogen-bond acceptors (Lipinski definition) is 2. The highest BCUT2D eigenvalue weighted by Gasteiger charge is 2.26. The van der Waals surface area contributed by atoms with Gasteiger partial charge in [0, 0.05) is 5.82 Å². The van der Waals surface area contributed by atoms with Crippen LogP contribution in [0.15, 0.2) is 11.2 Å². The normalized spacial score (nSPS) is 14.3. The average molecular weight is 245 g/mol. The molecule has 1 nitrogen and oxygen atoms in total. The SMILES string of the molecule is O=P(Cl)(Cl)/C=C/SC(F)(F)F. The van der Waals surface area contributed by atoms with Crippen LogP contribution in [0.4, 0.5) is 13.2 Å². The first kappa shape index (κ1) is 11.7. The van der Waals surface area contributed by atoms with Crippen molar-refractivity contribution < 1.29 is 17.7 Å². The molecular weight excluding hydrogens is 243 g/mol. The molecule has 0 atom stereocenters. The van der Waals surface area contributed by atoms with Crippen LogP contribution in [0, 0.1) is 0 Å². The van der Waals surface area contributed by atoms with Crippen LogP contribution in [-0.2, 0) is 4.57 Å². The van der Waals surface area contributed by atoms with Gasteiger partial charge in [-0.25, -0.2) is 0 Å². The zero-order chi connectivity index (χ0) is 9.12. The van der Waals surface area contributed by atoms with Crippen molar-refractivity contribution in [3.63, 3.8) is 0 Å². The topological polar surface area (TPSA) is 17.1 Å². The van der Waals surface area contributed by atoms with Gasteiger partial charge in [0.1, 0.15) is 0 Å². The Labute approximate surface area is 74.9 Å². The van der Waals surface area contributed by atoms with Crippen LogP contribution >= 0.6 is 40.1 Å². The van der Waals surface area contributed by atoms with Crippen LogP contribution in [0.5, 0.6) is 0 Å². The molecule has 0 aromatic heterocycles. The van der Waals surface area contributed by atoms with Crippen molar-refractivity contribution in [2.45, 2.75) is 5.51 Å². The van der Waals surface area contributed by atoms with Crippen LogP contribution in [-0.4, -0.2) is 5.51 Å². The van der Waals surface area contributed by atoms with Crippen molar-refractivity contribution in [1.29, 1.82) is 0 Å². The van der Waals surface area contributed by atoms with E-state index in [2.05, 4.69) is 0 Å². The van der Waals surface area contributed by atoms with E-state index >= 15 is 0 Å². The van der Waals surface area contributed by atoms with E-state index in [-0.39, 0.29) is 0 Å². The minimum Gasteiger partial charge on any atom is -0.285 e. The molecule has 11 heavy (non-hydrogen) atoms. The van der Waals surface area contributed by atoms with Gasteiger partial charge in [0.25, 0.3) is 5.85 Å². The zero-order valence-electron chi connectivity index (χ0n) is 4.81. The van der Waals surface area contributed by atoms with E-state index in [1.165, 1.54) is 0 Å². The van der Waals surface area contributed by atoms with E-state index in [1.54, 1.807) is 0 Å². The Hall–Kier alpha value is 0.690. The maximum atomic E-state index is 11.4. The molecule has 0 saturated carbocycles. The first-order chi connectivity index (χ1) is 4.71. The largest absolute Gasteiger partial charge is 0.445 e. The van der Waals surface area contributed by atoms with Crippen molar-refractivity contribution in [2.24, 2.45) is 0 Å². The molecule has 0 heterocycles. The minimum atomic E-state index is -4.39. The monoisotopic (exact) mass is 244 g/mol.